The van der Waals surface area contributed by atoms with Crippen LogP contribution in [-0.2, 0) is 11.3 Å². The summed E-state index contributed by atoms with van der Waals surface area (Å²) >= 11 is 13.5. The molecule has 2 aliphatic rings. The molecule has 3 aromatic rings. The van der Waals surface area contributed by atoms with Gasteiger partial charge < -0.3 is 14.3 Å². The van der Waals surface area contributed by atoms with Gasteiger partial charge in [-0.05, 0) is 98.6 Å². The second-order valence-corrected chi connectivity index (χ2v) is 11.6. The Balaban J connectivity index is 1.72. The molecule has 0 atom stereocenters. The average molecular weight is 764 g/mol. The van der Waals surface area contributed by atoms with E-state index in [1.165, 1.54) is 0 Å². The van der Waals surface area contributed by atoms with Crippen LogP contribution in [-0.4, -0.2) is 11.1 Å². The first-order chi connectivity index (χ1) is 18.2. The van der Waals surface area contributed by atoms with Crippen molar-refractivity contribution in [3.8, 4) is 28.2 Å². The zero-order valence-corrected chi connectivity index (χ0v) is 25.7. The lowest BCUT2D eigenvalue weighted by molar-refractivity contribution is 0.0473. The summed E-state index contributed by atoms with van der Waals surface area (Å²) in [4.78, 5) is 26.1. The van der Waals surface area contributed by atoms with Crippen molar-refractivity contribution in [1.82, 2.24) is 0 Å². The number of fused-ring (bicyclic) bond motifs is 2. The average Bonchev–Trinajstić information content (AvgIpc) is 2.93. The van der Waals surface area contributed by atoms with Gasteiger partial charge in [0.15, 0.2) is 11.3 Å². The molecule has 0 radical (unpaired) electrons. The molecule has 0 saturated heterocycles. The van der Waals surface area contributed by atoms with Crippen molar-refractivity contribution in [2.45, 2.75) is 6.61 Å². The van der Waals surface area contributed by atoms with Gasteiger partial charge in [-0.25, -0.2) is 4.79 Å². The molecular weight excluding hydrogens is 748 g/mol. The molecule has 190 valence electrons. The minimum Gasteiger partial charge on any atom is -0.505 e. The number of benzene rings is 4. The maximum Gasteiger partial charge on any atom is 0.339 e. The predicted octanol–water partition coefficient (Wildman–Crippen LogP) is 9.32. The van der Waals surface area contributed by atoms with Gasteiger partial charge in [-0.1, -0.05) is 55.1 Å². The van der Waals surface area contributed by atoms with Crippen LogP contribution in [0.1, 0.15) is 21.5 Å². The van der Waals surface area contributed by atoms with Crippen LogP contribution in [0.25, 0.3) is 39.5 Å². The summed E-state index contributed by atoms with van der Waals surface area (Å²) < 4.78 is 13.1. The summed E-state index contributed by atoms with van der Waals surface area (Å²) in [6.07, 6.45) is 1.75. The third-order valence-electron chi connectivity index (χ3n) is 6.02. The first-order valence-corrected chi connectivity index (χ1v) is 14.3. The SMILES string of the molecule is C=Cc1ccc(COC(=O)c2ccccc2-c2c3cc(Br)c(=O)c(Br)c-3oc3c(Br)c(O)c(Br)cc23)cc1. The molecule has 0 spiro atoms. The molecule has 9 heteroatoms. The van der Waals surface area contributed by atoms with Crippen molar-refractivity contribution in [2.24, 2.45) is 0 Å². The van der Waals surface area contributed by atoms with Crippen LogP contribution in [0.3, 0.4) is 0 Å². The zero-order valence-electron chi connectivity index (χ0n) is 19.4. The lowest BCUT2D eigenvalue weighted by atomic mass is 9.91. The number of rotatable bonds is 5. The van der Waals surface area contributed by atoms with Crippen molar-refractivity contribution in [3.05, 3.63) is 112 Å². The molecule has 3 aromatic carbocycles. The van der Waals surface area contributed by atoms with Crippen molar-refractivity contribution in [2.75, 3.05) is 0 Å². The monoisotopic (exact) mass is 760 g/mol. The molecule has 0 saturated carbocycles. The molecular formula is C29H16Br4O5. The Kier molecular flexibility index (Phi) is 7.64. The van der Waals surface area contributed by atoms with E-state index in [9.17, 15) is 14.7 Å². The summed E-state index contributed by atoms with van der Waals surface area (Å²) in [5.74, 6) is -0.295. The van der Waals surface area contributed by atoms with E-state index in [1.807, 2.05) is 36.4 Å². The summed E-state index contributed by atoms with van der Waals surface area (Å²) in [7, 11) is 0. The molecule has 5 rings (SSSR count). The standard InChI is InChI=1S/C29H16Br4O5/c1-2-14-7-9-15(10-8-14)13-37-29(36)17-6-4-3-5-16(17)22-18-11-20(30)25(34)23(32)27(18)38-28-19(22)12-21(31)26(35)24(28)33/h2-12,34H,1,13H2. The summed E-state index contributed by atoms with van der Waals surface area (Å²) in [6, 6.07) is 18.0. The second kappa shape index (κ2) is 10.8. The smallest absolute Gasteiger partial charge is 0.339 e. The van der Waals surface area contributed by atoms with Crippen LogP contribution in [0.4, 0.5) is 0 Å². The van der Waals surface area contributed by atoms with Crippen LogP contribution < -0.4 is 5.43 Å². The Bertz CT molecular complexity index is 1770. The molecule has 0 fully saturated rings. The van der Waals surface area contributed by atoms with Gasteiger partial charge in [-0.15, -0.1) is 0 Å². The summed E-state index contributed by atoms with van der Waals surface area (Å²) in [5.41, 5.74) is 3.96. The fourth-order valence-electron chi connectivity index (χ4n) is 4.14. The number of phenolic OH excluding ortho intramolecular Hbond substituents is 1. The summed E-state index contributed by atoms with van der Waals surface area (Å²) in [5, 5.41) is 11.1. The van der Waals surface area contributed by atoms with E-state index < -0.39 is 5.97 Å². The molecule has 5 nitrogen and oxygen atoms in total. The Morgan fingerprint density at radius 1 is 0.947 bits per heavy atom. The van der Waals surface area contributed by atoms with Crippen LogP contribution in [0.5, 0.6) is 5.75 Å². The number of hydrogen-bond acceptors (Lipinski definition) is 5. The molecule has 0 aromatic heterocycles. The van der Waals surface area contributed by atoms with Crippen LogP contribution in [0, 0.1) is 0 Å². The van der Waals surface area contributed by atoms with E-state index in [0.717, 1.165) is 11.1 Å². The minimum atomic E-state index is -0.508. The number of ether oxygens (including phenoxy) is 1. The number of carbonyl (C=O) groups excluding carboxylic acids is 1. The summed E-state index contributed by atoms with van der Waals surface area (Å²) in [6.45, 7) is 3.85. The lowest BCUT2D eigenvalue weighted by Gasteiger charge is -2.19. The van der Waals surface area contributed by atoms with Crippen LogP contribution in [0.2, 0.25) is 0 Å². The van der Waals surface area contributed by atoms with Crippen molar-refractivity contribution in [1.29, 1.82) is 0 Å². The lowest BCUT2D eigenvalue weighted by Crippen LogP contribution is -2.09. The first kappa shape index (κ1) is 26.9. The van der Waals surface area contributed by atoms with Gasteiger partial charge in [0.25, 0.3) is 0 Å². The van der Waals surface area contributed by atoms with E-state index in [-0.39, 0.29) is 28.0 Å². The van der Waals surface area contributed by atoms with Gasteiger partial charge in [0.1, 0.15) is 21.3 Å². The number of esters is 1. The van der Waals surface area contributed by atoms with E-state index in [2.05, 4.69) is 70.3 Å². The number of halogens is 4. The van der Waals surface area contributed by atoms with E-state index in [1.54, 1.807) is 30.3 Å². The van der Waals surface area contributed by atoms with Crippen molar-refractivity contribution >= 4 is 86.7 Å². The van der Waals surface area contributed by atoms with Crippen LogP contribution >= 0.6 is 63.7 Å². The van der Waals surface area contributed by atoms with Gasteiger partial charge >= 0.3 is 5.97 Å². The quantitative estimate of drug-likeness (QED) is 0.143. The highest BCUT2D eigenvalue weighted by Gasteiger charge is 2.27. The second-order valence-electron chi connectivity index (χ2n) is 8.32. The van der Waals surface area contributed by atoms with E-state index >= 15 is 0 Å². The maximum atomic E-state index is 13.4. The molecule has 1 aliphatic carbocycles. The number of aromatic hydroxyl groups is 1. The van der Waals surface area contributed by atoms with Crippen molar-refractivity contribution in [3.63, 3.8) is 0 Å². The molecule has 0 unspecified atom stereocenters. The highest BCUT2D eigenvalue weighted by Crippen LogP contribution is 2.49. The maximum absolute atomic E-state index is 13.4. The number of hydrogen-bond donors (Lipinski definition) is 1. The third kappa shape index (κ3) is 4.77. The third-order valence-corrected chi connectivity index (χ3v) is 8.67. The molecule has 1 N–H and O–H groups in total. The van der Waals surface area contributed by atoms with Gasteiger partial charge in [0.2, 0.25) is 5.43 Å². The molecule has 0 bridgehead atoms. The number of carbonyl (C=O) groups is 1. The minimum absolute atomic E-state index is 0.0581. The Labute approximate surface area is 251 Å². The first-order valence-electron chi connectivity index (χ1n) is 11.1. The van der Waals surface area contributed by atoms with Gasteiger partial charge in [0, 0.05) is 16.5 Å². The Morgan fingerprint density at radius 2 is 1.66 bits per heavy atom. The van der Waals surface area contributed by atoms with Gasteiger partial charge in [0.05, 0.1) is 14.5 Å². The van der Waals surface area contributed by atoms with E-state index in [4.69, 9.17) is 9.15 Å². The Hall–Kier alpha value is -2.72. The topological polar surface area (TPSA) is 76.7 Å². The fraction of sp³-hybridized carbons (Fsp3) is 0.0345. The van der Waals surface area contributed by atoms with Crippen molar-refractivity contribution < 1.29 is 19.1 Å². The highest BCUT2D eigenvalue weighted by molar-refractivity contribution is 9.11. The largest absolute Gasteiger partial charge is 0.505 e. The van der Waals surface area contributed by atoms with Gasteiger partial charge in [-0.3, -0.25) is 4.79 Å². The molecule has 1 heterocycles. The predicted molar refractivity (Wildman–Crippen MR) is 163 cm³/mol. The Morgan fingerprint density at radius 3 is 2.37 bits per heavy atom. The molecule has 38 heavy (non-hydrogen) atoms. The van der Waals surface area contributed by atoms with Gasteiger partial charge in [-0.2, -0.15) is 0 Å². The highest BCUT2D eigenvalue weighted by atomic mass is 79.9. The zero-order chi connectivity index (χ0) is 27.1. The van der Waals surface area contributed by atoms with E-state index in [0.29, 0.717) is 46.6 Å². The molecule has 1 aliphatic heterocycles. The van der Waals surface area contributed by atoms with Crippen LogP contribution in [0.15, 0.2) is 94.3 Å². The molecule has 0 amide bonds. The number of phenols is 1. The fourth-order valence-corrected chi connectivity index (χ4v) is 6.54. The normalized spacial score (nSPS) is 11.2.